The van der Waals surface area contributed by atoms with Gasteiger partial charge in [-0.25, -0.2) is 4.98 Å². The van der Waals surface area contributed by atoms with Gasteiger partial charge < -0.3 is 9.64 Å². The van der Waals surface area contributed by atoms with Gasteiger partial charge in [-0.15, -0.1) is 0 Å². The summed E-state index contributed by atoms with van der Waals surface area (Å²) in [6, 6.07) is 6.20. The highest BCUT2D eigenvalue weighted by Crippen LogP contribution is 2.19. The third kappa shape index (κ3) is 3.68. The Morgan fingerprint density at radius 1 is 1.41 bits per heavy atom. The zero-order valence-corrected chi connectivity index (χ0v) is 11.8. The zero-order valence-electron chi connectivity index (χ0n) is 10.2. The van der Waals surface area contributed by atoms with E-state index in [1.54, 1.807) is 0 Å². The summed E-state index contributed by atoms with van der Waals surface area (Å²) in [7, 11) is 0. The molecule has 1 saturated heterocycles. The van der Waals surface area contributed by atoms with Crippen molar-refractivity contribution in [3.63, 3.8) is 0 Å². The predicted octanol–water partition coefficient (Wildman–Crippen LogP) is 2.77. The maximum absolute atomic E-state index is 5.75. The second kappa shape index (κ2) is 6.36. The Morgan fingerprint density at radius 2 is 2.18 bits per heavy atom. The van der Waals surface area contributed by atoms with Crippen LogP contribution in [0.3, 0.4) is 0 Å². The Kier molecular flexibility index (Phi) is 4.80. The van der Waals surface area contributed by atoms with E-state index in [1.165, 1.54) is 0 Å². The largest absolute Gasteiger partial charge is 0.377 e. The van der Waals surface area contributed by atoms with Crippen LogP contribution in [-0.2, 0) is 4.74 Å². The van der Waals surface area contributed by atoms with Gasteiger partial charge in [0.25, 0.3) is 0 Å². The fourth-order valence-electron chi connectivity index (χ4n) is 2.17. The summed E-state index contributed by atoms with van der Waals surface area (Å²) in [5, 5.41) is 0.923. The van der Waals surface area contributed by atoms with Gasteiger partial charge >= 0.3 is 0 Å². The fraction of sp³-hybridized carbons (Fsp3) is 0.615. The average Bonchev–Trinajstić information content (AvgIpc) is 2.37. The molecule has 0 unspecified atom stereocenters. The second-order valence-electron chi connectivity index (χ2n) is 4.38. The molecule has 0 aromatic carbocycles. The van der Waals surface area contributed by atoms with Crippen LogP contribution in [0.25, 0.3) is 0 Å². The maximum atomic E-state index is 5.75. The Labute approximate surface area is 111 Å². The lowest BCUT2D eigenvalue weighted by Crippen LogP contribution is -2.37. The molecule has 1 aliphatic rings. The van der Waals surface area contributed by atoms with E-state index in [1.807, 2.05) is 13.0 Å². The lowest BCUT2D eigenvalue weighted by atomic mass is 10.1. The highest BCUT2D eigenvalue weighted by Gasteiger charge is 2.20. The van der Waals surface area contributed by atoms with Crippen molar-refractivity contribution in [1.29, 1.82) is 0 Å². The van der Waals surface area contributed by atoms with Gasteiger partial charge in [0.1, 0.15) is 5.82 Å². The van der Waals surface area contributed by atoms with Crippen molar-refractivity contribution < 1.29 is 4.74 Å². The molecular formula is C13H19BrN2O. The Balaban J connectivity index is 1.86. The standard InChI is InChI=1S/C13H19BrN2O/c1-11-3-2-4-13(15-11)16-8-5-12(6-9-16)17-10-7-14/h2-4,12H,5-10H2,1H3. The van der Waals surface area contributed by atoms with Crippen molar-refractivity contribution in [2.45, 2.75) is 25.9 Å². The van der Waals surface area contributed by atoms with E-state index in [0.717, 1.165) is 49.4 Å². The van der Waals surface area contributed by atoms with Crippen LogP contribution in [0.2, 0.25) is 0 Å². The molecule has 1 aromatic rings. The highest BCUT2D eigenvalue weighted by molar-refractivity contribution is 9.09. The van der Waals surface area contributed by atoms with Crippen LogP contribution < -0.4 is 4.90 Å². The molecule has 0 spiro atoms. The van der Waals surface area contributed by atoms with Crippen LogP contribution >= 0.6 is 15.9 Å². The summed E-state index contributed by atoms with van der Waals surface area (Å²) in [5.74, 6) is 1.10. The van der Waals surface area contributed by atoms with Crippen molar-refractivity contribution in [1.82, 2.24) is 4.98 Å². The van der Waals surface area contributed by atoms with Crippen LogP contribution in [0.15, 0.2) is 18.2 Å². The summed E-state index contributed by atoms with van der Waals surface area (Å²) in [4.78, 5) is 6.91. The lowest BCUT2D eigenvalue weighted by Gasteiger charge is -2.32. The minimum Gasteiger partial charge on any atom is -0.377 e. The molecule has 17 heavy (non-hydrogen) atoms. The van der Waals surface area contributed by atoms with Crippen molar-refractivity contribution in [3.05, 3.63) is 23.9 Å². The number of aryl methyl sites for hydroxylation is 1. The first-order valence-corrected chi connectivity index (χ1v) is 7.28. The number of hydrogen-bond acceptors (Lipinski definition) is 3. The number of anilines is 1. The number of pyridine rings is 1. The van der Waals surface area contributed by atoms with E-state index in [2.05, 4.69) is 37.9 Å². The number of halogens is 1. The Bertz CT molecular complexity index is 351. The van der Waals surface area contributed by atoms with Gasteiger partial charge in [-0.2, -0.15) is 0 Å². The number of alkyl halides is 1. The van der Waals surface area contributed by atoms with Crippen molar-refractivity contribution in [3.8, 4) is 0 Å². The molecule has 1 aromatic heterocycles. The van der Waals surface area contributed by atoms with Gasteiger partial charge in [-0.1, -0.05) is 22.0 Å². The van der Waals surface area contributed by atoms with Crippen molar-refractivity contribution in [2.24, 2.45) is 0 Å². The Morgan fingerprint density at radius 3 is 2.82 bits per heavy atom. The first-order valence-electron chi connectivity index (χ1n) is 6.16. The molecule has 0 bridgehead atoms. The SMILES string of the molecule is Cc1cccc(N2CCC(OCCBr)CC2)n1. The number of nitrogens with zero attached hydrogens (tertiary/aromatic N) is 2. The fourth-order valence-corrected chi connectivity index (χ4v) is 2.35. The third-order valence-electron chi connectivity index (χ3n) is 3.07. The number of rotatable bonds is 4. The van der Waals surface area contributed by atoms with Crippen LogP contribution in [-0.4, -0.2) is 36.1 Å². The number of hydrogen-bond donors (Lipinski definition) is 0. The van der Waals surface area contributed by atoms with Crippen LogP contribution in [0.1, 0.15) is 18.5 Å². The molecule has 0 saturated carbocycles. The normalized spacial score (nSPS) is 17.4. The first kappa shape index (κ1) is 12.8. The molecule has 4 heteroatoms. The van der Waals surface area contributed by atoms with Crippen molar-refractivity contribution >= 4 is 21.7 Å². The minimum atomic E-state index is 0.425. The topological polar surface area (TPSA) is 25.4 Å². The molecule has 0 atom stereocenters. The van der Waals surface area contributed by atoms with E-state index >= 15 is 0 Å². The van der Waals surface area contributed by atoms with E-state index in [9.17, 15) is 0 Å². The van der Waals surface area contributed by atoms with Gasteiger partial charge in [-0.05, 0) is 31.9 Å². The van der Waals surface area contributed by atoms with Gasteiger partial charge in [0.05, 0.1) is 12.7 Å². The smallest absolute Gasteiger partial charge is 0.128 e. The van der Waals surface area contributed by atoms with E-state index in [4.69, 9.17) is 4.74 Å². The van der Waals surface area contributed by atoms with E-state index in [0.29, 0.717) is 6.10 Å². The lowest BCUT2D eigenvalue weighted by molar-refractivity contribution is 0.0480. The van der Waals surface area contributed by atoms with Gasteiger partial charge in [0.15, 0.2) is 0 Å². The third-order valence-corrected chi connectivity index (χ3v) is 3.39. The minimum absolute atomic E-state index is 0.425. The summed E-state index contributed by atoms with van der Waals surface area (Å²) in [6.45, 7) is 4.94. The molecule has 0 radical (unpaired) electrons. The zero-order chi connectivity index (χ0) is 12.1. The van der Waals surface area contributed by atoms with Gasteiger partial charge in [-0.3, -0.25) is 0 Å². The van der Waals surface area contributed by atoms with E-state index < -0.39 is 0 Å². The number of piperidine rings is 1. The molecule has 0 N–H and O–H groups in total. The van der Waals surface area contributed by atoms with Crippen LogP contribution in [0, 0.1) is 6.92 Å². The summed E-state index contributed by atoms with van der Waals surface area (Å²) >= 11 is 3.39. The second-order valence-corrected chi connectivity index (χ2v) is 5.18. The predicted molar refractivity (Wildman–Crippen MR) is 74.0 cm³/mol. The maximum Gasteiger partial charge on any atom is 0.128 e. The van der Waals surface area contributed by atoms with Gasteiger partial charge in [0.2, 0.25) is 0 Å². The molecule has 2 rings (SSSR count). The number of ether oxygens (including phenoxy) is 1. The molecule has 1 fully saturated rings. The van der Waals surface area contributed by atoms with Crippen LogP contribution in [0.5, 0.6) is 0 Å². The molecular weight excluding hydrogens is 280 g/mol. The molecule has 1 aliphatic heterocycles. The molecule has 3 nitrogen and oxygen atoms in total. The number of aromatic nitrogens is 1. The molecule has 0 amide bonds. The quantitative estimate of drug-likeness (QED) is 0.799. The monoisotopic (exact) mass is 298 g/mol. The van der Waals surface area contributed by atoms with E-state index in [-0.39, 0.29) is 0 Å². The van der Waals surface area contributed by atoms with Crippen molar-refractivity contribution in [2.75, 3.05) is 29.9 Å². The van der Waals surface area contributed by atoms with Crippen LogP contribution in [0.4, 0.5) is 5.82 Å². The first-order chi connectivity index (χ1) is 8.29. The molecule has 0 aliphatic carbocycles. The summed E-state index contributed by atoms with van der Waals surface area (Å²) in [6.07, 6.45) is 2.62. The van der Waals surface area contributed by atoms with Gasteiger partial charge in [0, 0.05) is 24.1 Å². The molecule has 2 heterocycles. The Hall–Kier alpha value is -0.610. The highest BCUT2D eigenvalue weighted by atomic mass is 79.9. The summed E-state index contributed by atoms with van der Waals surface area (Å²) in [5.41, 5.74) is 1.08. The summed E-state index contributed by atoms with van der Waals surface area (Å²) < 4.78 is 5.75. The molecule has 94 valence electrons. The average molecular weight is 299 g/mol.